The van der Waals surface area contributed by atoms with Gasteiger partial charge in [0.15, 0.2) is 0 Å². The minimum atomic E-state index is -4.31. The van der Waals surface area contributed by atoms with Gasteiger partial charge < -0.3 is 0 Å². The Kier molecular flexibility index (Phi) is 1.41. The van der Waals surface area contributed by atoms with Gasteiger partial charge in [-0.15, -0.1) is 0 Å². The van der Waals surface area contributed by atoms with E-state index in [0.717, 1.165) is 0 Å². The van der Waals surface area contributed by atoms with E-state index in [0.29, 0.717) is 0 Å². The number of hydrogen-bond acceptors (Lipinski definition) is 1. The normalized spacial score (nSPS) is 11.8. The average molecular weight is 117 g/mol. The maximum absolute atomic E-state index is 10.7. The van der Waals surface area contributed by atoms with Crippen LogP contribution < -0.4 is 5.50 Å². The Bertz CT molecular complexity index is 55.8. The zero-order valence-electron chi connectivity index (χ0n) is 2.19. The van der Waals surface area contributed by atoms with Crippen LogP contribution in [-0.4, -0.2) is 0 Å². The predicted octanol–water partition coefficient (Wildman–Crippen LogP) is 1.11. The fraction of sp³-hybridized carbons (Fsp3) is 0. The van der Waals surface area contributed by atoms with E-state index in [1.807, 2.05) is 0 Å². The first-order valence-electron chi connectivity index (χ1n) is 0.779. The van der Waals surface area contributed by atoms with E-state index in [9.17, 15) is 8.39 Å². The van der Waals surface area contributed by atoms with Crippen molar-refractivity contribution in [1.82, 2.24) is 0 Å². The monoisotopic (exact) mass is 117 g/mol. The molecule has 32 valence electrons. The highest BCUT2D eigenvalue weighted by Crippen LogP contribution is 2.38. The van der Waals surface area contributed by atoms with Gasteiger partial charge in [-0.05, 0) is 11.8 Å². The summed E-state index contributed by atoms with van der Waals surface area (Å²) in [4.78, 5) is 0. The number of nitrogens with two attached hydrogens (primary N) is 1. The van der Waals surface area contributed by atoms with Gasteiger partial charge in [0.25, 0.3) is 0 Å². The van der Waals surface area contributed by atoms with E-state index in [-0.39, 0.29) is 0 Å². The summed E-state index contributed by atoms with van der Waals surface area (Å²) in [6.45, 7) is -4.31. The third-order valence-corrected chi connectivity index (χ3v) is 0. The molecule has 0 unspecified atom stereocenters. The molecule has 0 aliphatic rings. The highest BCUT2D eigenvalue weighted by molar-refractivity contribution is 8.08. The molecular formula is H2F2NPS. The molecule has 2 N–H and O–H groups in total. The number of rotatable bonds is 0. The summed E-state index contributed by atoms with van der Waals surface area (Å²) in [7, 11) is 0. The third kappa shape index (κ3) is 123. The Morgan fingerprint density at radius 1 is 1.60 bits per heavy atom. The van der Waals surface area contributed by atoms with Crippen molar-refractivity contribution in [2.75, 3.05) is 0 Å². The van der Waals surface area contributed by atoms with Crippen molar-refractivity contribution in [2.45, 2.75) is 0 Å². The predicted molar refractivity (Wildman–Crippen MR) is 20.7 cm³/mol. The molecule has 0 aliphatic carbocycles. The van der Waals surface area contributed by atoms with Crippen molar-refractivity contribution in [3.63, 3.8) is 0 Å². The van der Waals surface area contributed by atoms with E-state index in [1.165, 1.54) is 0 Å². The first kappa shape index (κ1) is 5.47. The summed E-state index contributed by atoms with van der Waals surface area (Å²) in [5.41, 5.74) is 3.95. The Morgan fingerprint density at radius 3 is 1.60 bits per heavy atom. The minimum absolute atomic E-state index is 3.38. The lowest BCUT2D eigenvalue weighted by atomic mass is 13.9. The van der Waals surface area contributed by atoms with Crippen LogP contribution >= 0.6 is 6.81 Å². The van der Waals surface area contributed by atoms with Crippen LogP contribution in [0.25, 0.3) is 0 Å². The van der Waals surface area contributed by atoms with Crippen molar-refractivity contribution in [2.24, 2.45) is 5.50 Å². The SMILES string of the molecule is NP(F)(F)=S. The zero-order valence-corrected chi connectivity index (χ0v) is 3.90. The van der Waals surface area contributed by atoms with Gasteiger partial charge in [-0.1, -0.05) is 0 Å². The van der Waals surface area contributed by atoms with Crippen molar-refractivity contribution in [3.8, 4) is 0 Å². The maximum Gasteiger partial charge on any atom is 0.336 e. The molecule has 0 atom stereocenters. The van der Waals surface area contributed by atoms with Gasteiger partial charge >= 0.3 is 6.81 Å². The Hall–Kier alpha value is 0.470. The summed E-state index contributed by atoms with van der Waals surface area (Å²) in [6, 6.07) is 0. The van der Waals surface area contributed by atoms with Crippen LogP contribution in [-0.2, 0) is 11.8 Å². The molecule has 1 nitrogen and oxygen atoms in total. The van der Waals surface area contributed by atoms with Crippen LogP contribution in [0.2, 0.25) is 0 Å². The van der Waals surface area contributed by atoms with Gasteiger partial charge in [0.2, 0.25) is 0 Å². The van der Waals surface area contributed by atoms with E-state index in [2.05, 4.69) is 17.3 Å². The summed E-state index contributed by atoms with van der Waals surface area (Å²) in [6.07, 6.45) is 0. The average Bonchev–Trinajstić information content (AvgIpc) is 0.722. The molecule has 0 aromatic carbocycles. The second-order valence-electron chi connectivity index (χ2n) is 0.502. The first-order valence-corrected chi connectivity index (χ1v) is 3.43. The topological polar surface area (TPSA) is 26.0 Å². The second kappa shape index (κ2) is 1.29. The Balaban J connectivity index is 3.47. The Labute approximate surface area is 33.5 Å². The van der Waals surface area contributed by atoms with Gasteiger partial charge in [0.05, 0.1) is 0 Å². The van der Waals surface area contributed by atoms with Crippen molar-refractivity contribution < 1.29 is 8.39 Å². The molecule has 0 aliphatic heterocycles. The van der Waals surface area contributed by atoms with Crippen LogP contribution in [0.3, 0.4) is 0 Å². The van der Waals surface area contributed by atoms with Crippen LogP contribution in [0.1, 0.15) is 0 Å². The molecule has 0 aromatic rings. The molecule has 0 saturated heterocycles. The highest BCUT2D eigenvalue weighted by Gasteiger charge is 1.97. The number of hydrogen-bond donors (Lipinski definition) is 1. The molecule has 0 radical (unpaired) electrons. The van der Waals surface area contributed by atoms with Crippen molar-refractivity contribution in [3.05, 3.63) is 0 Å². The minimum Gasteiger partial charge on any atom is -0.252 e. The highest BCUT2D eigenvalue weighted by atomic mass is 32.5. The molecule has 0 fully saturated rings. The van der Waals surface area contributed by atoms with Gasteiger partial charge in [-0.25, -0.2) is 0 Å². The van der Waals surface area contributed by atoms with Gasteiger partial charge in [-0.2, -0.15) is 8.39 Å². The standard InChI is InChI=1S/F2H2NPS/c1-4(2,3)5/h(H2,3,5). The molecule has 0 spiro atoms. The summed E-state index contributed by atoms with van der Waals surface area (Å²) in [5.74, 6) is 0. The summed E-state index contributed by atoms with van der Waals surface area (Å²) < 4.78 is 21.4. The molecular weight excluding hydrogens is 115 g/mol. The lowest BCUT2D eigenvalue weighted by molar-refractivity contribution is 0.742. The van der Waals surface area contributed by atoms with Crippen molar-refractivity contribution >= 4 is 18.6 Å². The molecule has 0 amide bonds. The first-order chi connectivity index (χ1) is 2.00. The molecule has 0 saturated carbocycles. The largest absolute Gasteiger partial charge is 0.336 e. The van der Waals surface area contributed by atoms with Gasteiger partial charge in [0.1, 0.15) is 0 Å². The van der Waals surface area contributed by atoms with E-state index < -0.39 is 6.81 Å². The Morgan fingerprint density at radius 2 is 1.60 bits per heavy atom. The molecule has 0 bridgehead atoms. The van der Waals surface area contributed by atoms with E-state index in [4.69, 9.17) is 0 Å². The van der Waals surface area contributed by atoms with Crippen LogP contribution in [0.15, 0.2) is 0 Å². The number of halogens is 2. The fourth-order valence-electron chi connectivity index (χ4n) is 0. The molecule has 0 aromatic heterocycles. The second-order valence-corrected chi connectivity index (χ2v) is 2.97. The molecule has 0 heterocycles. The third-order valence-electron chi connectivity index (χ3n) is 0. The maximum atomic E-state index is 10.7. The summed E-state index contributed by atoms with van der Waals surface area (Å²) >= 11 is 3.38. The molecule has 5 heteroatoms. The van der Waals surface area contributed by atoms with Crippen LogP contribution in [0.4, 0.5) is 8.39 Å². The zero-order chi connectivity index (χ0) is 4.50. The smallest absolute Gasteiger partial charge is 0.252 e. The van der Waals surface area contributed by atoms with Crippen LogP contribution in [0, 0.1) is 0 Å². The lowest BCUT2D eigenvalue weighted by Gasteiger charge is -1.80. The lowest BCUT2D eigenvalue weighted by Crippen LogP contribution is -1.74. The molecule has 5 heavy (non-hydrogen) atoms. The fourth-order valence-corrected chi connectivity index (χ4v) is 0. The molecule has 0 rings (SSSR count). The van der Waals surface area contributed by atoms with Crippen molar-refractivity contribution in [1.29, 1.82) is 0 Å². The quantitative estimate of drug-likeness (QED) is 0.481. The van der Waals surface area contributed by atoms with E-state index in [1.54, 1.807) is 0 Å². The van der Waals surface area contributed by atoms with Gasteiger partial charge in [-0.3, -0.25) is 5.50 Å². The van der Waals surface area contributed by atoms with Crippen LogP contribution in [0.5, 0.6) is 0 Å². The van der Waals surface area contributed by atoms with Gasteiger partial charge in [0, 0.05) is 0 Å². The van der Waals surface area contributed by atoms with E-state index >= 15 is 0 Å². The summed E-state index contributed by atoms with van der Waals surface area (Å²) in [5, 5.41) is 0.